The summed E-state index contributed by atoms with van der Waals surface area (Å²) in [5.41, 5.74) is 0.840. The Bertz CT molecular complexity index is 665. The molecule has 4 heteroatoms. The van der Waals surface area contributed by atoms with Gasteiger partial charge in [0, 0.05) is 5.54 Å². The minimum Gasteiger partial charge on any atom is -0.497 e. The zero-order chi connectivity index (χ0) is 18.3. The summed E-state index contributed by atoms with van der Waals surface area (Å²) in [6, 6.07) is 17.4. The van der Waals surface area contributed by atoms with Gasteiger partial charge in [-0.2, -0.15) is 0 Å². The highest BCUT2D eigenvalue weighted by molar-refractivity contribution is 5.81. The van der Waals surface area contributed by atoms with Gasteiger partial charge in [-0.15, -0.1) is 0 Å². The Morgan fingerprint density at radius 2 is 1.64 bits per heavy atom. The van der Waals surface area contributed by atoms with Gasteiger partial charge >= 0.3 is 0 Å². The van der Waals surface area contributed by atoms with Gasteiger partial charge in [-0.05, 0) is 56.5 Å². The maximum absolute atomic E-state index is 12.6. The highest BCUT2D eigenvalue weighted by Gasteiger charge is 2.26. The molecule has 0 aliphatic heterocycles. The average molecular weight is 341 g/mol. The molecule has 0 aromatic heterocycles. The van der Waals surface area contributed by atoms with E-state index in [9.17, 15) is 4.79 Å². The SMILES string of the molecule is CC[C@@H](Oc1ccc(OC)cc1)C(=O)NC(C)(C)Cc1ccccc1. The Labute approximate surface area is 150 Å². The van der Waals surface area contributed by atoms with Gasteiger partial charge in [0.2, 0.25) is 0 Å². The van der Waals surface area contributed by atoms with E-state index in [-0.39, 0.29) is 11.4 Å². The van der Waals surface area contributed by atoms with Gasteiger partial charge in [0.1, 0.15) is 11.5 Å². The lowest BCUT2D eigenvalue weighted by Crippen LogP contribution is -2.50. The monoisotopic (exact) mass is 341 g/mol. The van der Waals surface area contributed by atoms with Crippen molar-refractivity contribution in [2.75, 3.05) is 7.11 Å². The number of methoxy groups -OCH3 is 1. The number of amides is 1. The zero-order valence-corrected chi connectivity index (χ0v) is 15.4. The topological polar surface area (TPSA) is 47.6 Å². The molecule has 0 aliphatic carbocycles. The van der Waals surface area contributed by atoms with Gasteiger partial charge in [-0.1, -0.05) is 37.3 Å². The molecule has 0 spiro atoms. The molecule has 0 radical (unpaired) electrons. The normalized spacial score (nSPS) is 12.3. The number of rotatable bonds is 8. The third kappa shape index (κ3) is 5.82. The molecule has 4 nitrogen and oxygen atoms in total. The first-order valence-electron chi connectivity index (χ1n) is 8.60. The van der Waals surface area contributed by atoms with Crippen LogP contribution in [0.25, 0.3) is 0 Å². The summed E-state index contributed by atoms with van der Waals surface area (Å²) in [5.74, 6) is 1.32. The van der Waals surface area contributed by atoms with Crippen LogP contribution in [0.1, 0.15) is 32.8 Å². The number of benzene rings is 2. The summed E-state index contributed by atoms with van der Waals surface area (Å²) in [6.45, 7) is 5.99. The third-order valence-electron chi connectivity index (χ3n) is 3.95. The second-order valence-electron chi connectivity index (χ2n) is 6.73. The van der Waals surface area contributed by atoms with E-state index in [4.69, 9.17) is 9.47 Å². The Hall–Kier alpha value is -2.49. The Morgan fingerprint density at radius 1 is 1.04 bits per heavy atom. The Kier molecular flexibility index (Phi) is 6.45. The van der Waals surface area contributed by atoms with Crippen LogP contribution in [0.4, 0.5) is 0 Å². The smallest absolute Gasteiger partial charge is 0.261 e. The van der Waals surface area contributed by atoms with Crippen molar-refractivity contribution in [3.8, 4) is 11.5 Å². The van der Waals surface area contributed by atoms with E-state index in [0.717, 1.165) is 12.2 Å². The van der Waals surface area contributed by atoms with Gasteiger partial charge in [0.25, 0.3) is 5.91 Å². The summed E-state index contributed by atoms with van der Waals surface area (Å²) in [7, 11) is 1.62. The lowest BCUT2D eigenvalue weighted by molar-refractivity contribution is -0.129. The van der Waals surface area contributed by atoms with E-state index < -0.39 is 6.10 Å². The van der Waals surface area contributed by atoms with Gasteiger partial charge in [0.15, 0.2) is 6.10 Å². The molecule has 0 saturated carbocycles. The Morgan fingerprint density at radius 3 is 2.20 bits per heavy atom. The number of carbonyl (C=O) groups excluding carboxylic acids is 1. The second kappa shape index (κ2) is 8.56. The summed E-state index contributed by atoms with van der Waals surface area (Å²) < 4.78 is 11.0. The third-order valence-corrected chi connectivity index (χ3v) is 3.95. The molecule has 0 unspecified atom stereocenters. The maximum atomic E-state index is 12.6. The van der Waals surface area contributed by atoms with Crippen molar-refractivity contribution >= 4 is 5.91 Å². The lowest BCUT2D eigenvalue weighted by Gasteiger charge is -2.29. The molecule has 25 heavy (non-hydrogen) atoms. The van der Waals surface area contributed by atoms with E-state index in [0.29, 0.717) is 12.2 Å². The predicted octanol–water partition coefficient (Wildman–Crippen LogP) is 3.99. The van der Waals surface area contributed by atoms with E-state index >= 15 is 0 Å². The fraction of sp³-hybridized carbons (Fsp3) is 0.381. The molecule has 0 aliphatic rings. The summed E-state index contributed by atoms with van der Waals surface area (Å²) >= 11 is 0. The van der Waals surface area contributed by atoms with E-state index in [1.54, 1.807) is 7.11 Å². The van der Waals surface area contributed by atoms with Gasteiger partial charge in [-0.25, -0.2) is 0 Å². The van der Waals surface area contributed by atoms with Crippen LogP contribution in [0.15, 0.2) is 54.6 Å². The fourth-order valence-electron chi connectivity index (χ4n) is 2.71. The van der Waals surface area contributed by atoms with E-state index in [1.165, 1.54) is 5.56 Å². The first-order chi connectivity index (χ1) is 11.9. The number of carbonyl (C=O) groups is 1. The number of nitrogens with one attached hydrogen (secondary N) is 1. The van der Waals surface area contributed by atoms with Gasteiger partial charge < -0.3 is 14.8 Å². The standard InChI is InChI=1S/C21H27NO3/c1-5-19(25-18-13-11-17(24-4)12-14-18)20(23)22-21(2,3)15-16-9-7-6-8-10-16/h6-14,19H,5,15H2,1-4H3,(H,22,23)/t19-/m1/s1. The van der Waals surface area contributed by atoms with Crippen LogP contribution >= 0.6 is 0 Å². The molecule has 0 bridgehead atoms. The van der Waals surface area contributed by atoms with Crippen molar-refractivity contribution < 1.29 is 14.3 Å². The molecule has 0 fully saturated rings. The largest absolute Gasteiger partial charge is 0.497 e. The first-order valence-corrected chi connectivity index (χ1v) is 8.60. The van der Waals surface area contributed by atoms with Crippen molar-refractivity contribution in [1.82, 2.24) is 5.32 Å². The molecule has 2 aromatic rings. The highest BCUT2D eigenvalue weighted by atomic mass is 16.5. The first kappa shape index (κ1) is 18.8. The minimum absolute atomic E-state index is 0.0979. The maximum Gasteiger partial charge on any atom is 0.261 e. The van der Waals surface area contributed by atoms with E-state index in [2.05, 4.69) is 17.4 Å². The van der Waals surface area contributed by atoms with Crippen molar-refractivity contribution in [2.45, 2.75) is 45.3 Å². The predicted molar refractivity (Wildman–Crippen MR) is 100 cm³/mol. The van der Waals surface area contributed by atoms with Crippen molar-refractivity contribution in [1.29, 1.82) is 0 Å². The second-order valence-corrected chi connectivity index (χ2v) is 6.73. The van der Waals surface area contributed by atoms with Gasteiger partial charge in [0.05, 0.1) is 7.11 Å². The van der Waals surface area contributed by atoms with Crippen LogP contribution in [0.5, 0.6) is 11.5 Å². The average Bonchev–Trinajstić information content (AvgIpc) is 2.60. The molecule has 134 valence electrons. The molecular formula is C21H27NO3. The van der Waals surface area contributed by atoms with Crippen LogP contribution < -0.4 is 14.8 Å². The summed E-state index contributed by atoms with van der Waals surface area (Å²) in [4.78, 5) is 12.6. The van der Waals surface area contributed by atoms with Crippen LogP contribution in [-0.4, -0.2) is 24.7 Å². The summed E-state index contributed by atoms with van der Waals surface area (Å²) in [6.07, 6.45) is 0.834. The lowest BCUT2D eigenvalue weighted by atomic mass is 9.94. The van der Waals surface area contributed by atoms with Crippen molar-refractivity contribution in [3.63, 3.8) is 0 Å². The van der Waals surface area contributed by atoms with Crippen LogP contribution in [0, 0.1) is 0 Å². The number of ether oxygens (including phenoxy) is 2. The van der Waals surface area contributed by atoms with Crippen LogP contribution in [0.2, 0.25) is 0 Å². The highest BCUT2D eigenvalue weighted by Crippen LogP contribution is 2.20. The van der Waals surface area contributed by atoms with Gasteiger partial charge in [-0.3, -0.25) is 4.79 Å². The zero-order valence-electron chi connectivity index (χ0n) is 15.4. The van der Waals surface area contributed by atoms with Crippen LogP contribution in [-0.2, 0) is 11.2 Å². The van der Waals surface area contributed by atoms with Crippen molar-refractivity contribution in [2.24, 2.45) is 0 Å². The molecule has 0 saturated heterocycles. The van der Waals surface area contributed by atoms with E-state index in [1.807, 2.05) is 63.2 Å². The quantitative estimate of drug-likeness (QED) is 0.790. The molecule has 2 aromatic carbocycles. The number of hydrogen-bond donors (Lipinski definition) is 1. The molecule has 1 amide bonds. The minimum atomic E-state index is -0.525. The Balaban J connectivity index is 1.98. The molecular weight excluding hydrogens is 314 g/mol. The molecule has 2 rings (SSSR count). The number of hydrogen-bond acceptors (Lipinski definition) is 3. The molecule has 1 N–H and O–H groups in total. The fourth-order valence-corrected chi connectivity index (χ4v) is 2.71. The molecule has 0 heterocycles. The van der Waals surface area contributed by atoms with Crippen molar-refractivity contribution in [3.05, 3.63) is 60.2 Å². The van der Waals surface area contributed by atoms with Crippen LogP contribution in [0.3, 0.4) is 0 Å². The molecule has 1 atom stereocenters. The summed E-state index contributed by atoms with van der Waals surface area (Å²) in [5, 5.41) is 3.11.